The summed E-state index contributed by atoms with van der Waals surface area (Å²) in [7, 11) is 0. The Bertz CT molecular complexity index is 2080. The van der Waals surface area contributed by atoms with E-state index in [1.165, 1.54) is 11.6 Å². The molecule has 2 amide bonds. The van der Waals surface area contributed by atoms with Crippen molar-refractivity contribution in [2.45, 2.75) is 52.2 Å². The third-order valence-electron chi connectivity index (χ3n) is 11.3. The Kier molecular flexibility index (Phi) is 10.6. The molecular weight excluding hydrogens is 715 g/mol. The number of phenols is 2. The second-order valence-corrected chi connectivity index (χ2v) is 15.4. The van der Waals surface area contributed by atoms with Gasteiger partial charge in [0, 0.05) is 96.4 Å². The first-order valence-electron chi connectivity index (χ1n) is 19.5. The molecule has 0 spiro atoms. The van der Waals surface area contributed by atoms with Crippen LogP contribution in [0.3, 0.4) is 0 Å². The summed E-state index contributed by atoms with van der Waals surface area (Å²) in [4.78, 5) is 60.2. The number of anilines is 3. The van der Waals surface area contributed by atoms with Crippen LogP contribution < -0.4 is 15.5 Å². The molecule has 16 nitrogen and oxygen atoms in total. The van der Waals surface area contributed by atoms with E-state index in [2.05, 4.69) is 42.9 Å². The largest absolute Gasteiger partial charge is 0.508 e. The molecule has 8 rings (SSSR count). The zero-order valence-electron chi connectivity index (χ0n) is 32.0. The number of nitrogens with two attached hydrogens (primary N) is 1. The van der Waals surface area contributed by atoms with Gasteiger partial charge in [-0.2, -0.15) is 15.0 Å². The Hall–Kier alpha value is -5.61. The van der Waals surface area contributed by atoms with Crippen molar-refractivity contribution >= 4 is 29.7 Å². The summed E-state index contributed by atoms with van der Waals surface area (Å²) < 4.78 is 5.54. The molecule has 0 saturated carbocycles. The topological polar surface area (TPSA) is 190 Å². The number of nitrogens with zero attached hydrogens (tertiary/aromatic N) is 10. The van der Waals surface area contributed by atoms with Gasteiger partial charge in [0.2, 0.25) is 23.8 Å². The van der Waals surface area contributed by atoms with E-state index in [-0.39, 0.29) is 46.7 Å². The molecular formula is C40H49N11O5. The number of carbonyl (C=O) groups is 2. The molecule has 0 bridgehead atoms. The van der Waals surface area contributed by atoms with E-state index in [0.29, 0.717) is 94.4 Å². The number of morpholine rings is 1. The van der Waals surface area contributed by atoms with E-state index in [1.807, 2.05) is 18.7 Å². The lowest BCUT2D eigenvalue weighted by Crippen LogP contribution is -2.51. The van der Waals surface area contributed by atoms with Gasteiger partial charge < -0.3 is 40.3 Å². The van der Waals surface area contributed by atoms with Gasteiger partial charge in [0.25, 0.3) is 5.91 Å². The Morgan fingerprint density at radius 2 is 1.46 bits per heavy atom. The zero-order valence-corrected chi connectivity index (χ0v) is 32.0. The molecule has 2 aromatic carbocycles. The number of rotatable bonds is 8. The molecule has 3 fully saturated rings. The van der Waals surface area contributed by atoms with E-state index in [0.717, 1.165) is 43.6 Å². The van der Waals surface area contributed by atoms with E-state index in [1.54, 1.807) is 23.4 Å². The molecule has 3 saturated heterocycles. The number of phenolic OH excluding ortho intramolecular Hbond substituents is 2. The lowest BCUT2D eigenvalue weighted by molar-refractivity contribution is -0.138. The molecule has 0 radical (unpaired) electrons. The fourth-order valence-corrected chi connectivity index (χ4v) is 8.04. The van der Waals surface area contributed by atoms with Crippen LogP contribution in [0.25, 0.3) is 11.4 Å². The van der Waals surface area contributed by atoms with Crippen molar-refractivity contribution < 1.29 is 24.5 Å². The number of carbonyl (C=O) groups excluding carboxylic acids is 2. The molecule has 16 heteroatoms. The molecule has 4 aromatic rings. The first-order valence-corrected chi connectivity index (χ1v) is 19.5. The normalized spacial score (nSPS) is 18.1. The predicted octanol–water partition coefficient (Wildman–Crippen LogP) is 3.00. The lowest BCUT2D eigenvalue weighted by atomic mass is 9.95. The van der Waals surface area contributed by atoms with Gasteiger partial charge in [0.15, 0.2) is 5.82 Å². The monoisotopic (exact) mass is 763 g/mol. The molecule has 0 atom stereocenters. The fraction of sp³-hybridized carbons (Fsp3) is 0.475. The van der Waals surface area contributed by atoms with Gasteiger partial charge in [-0.25, -0.2) is 9.97 Å². The number of amides is 2. The van der Waals surface area contributed by atoms with Crippen molar-refractivity contribution in [3.63, 3.8) is 0 Å². The molecule has 294 valence electrons. The molecule has 56 heavy (non-hydrogen) atoms. The average molecular weight is 764 g/mol. The van der Waals surface area contributed by atoms with Crippen molar-refractivity contribution in [1.29, 1.82) is 0 Å². The average Bonchev–Trinajstić information content (AvgIpc) is 3.65. The van der Waals surface area contributed by atoms with Crippen molar-refractivity contribution in [2.24, 2.45) is 5.92 Å². The standard InChI is InChI=1S/C40H49N11O5/c1-25(2)31-18-32(34(53)19-33(31)52)37(55)51-23-28-4-3-26(17-29(28)24-51)22-47-9-11-48(12-10-47)36(54)27-5-7-49(8-6-27)39-44-35(30-20-42-38(41)43-21-30)45-40(46-39)50-13-15-56-16-14-50/h3-4,17-21,25,27,52-53H,5-16,22-24H2,1-2H3,(H2,41,42,43). The fourth-order valence-electron chi connectivity index (χ4n) is 8.04. The third kappa shape index (κ3) is 7.89. The van der Waals surface area contributed by atoms with Gasteiger partial charge in [-0.15, -0.1) is 0 Å². The van der Waals surface area contributed by atoms with Crippen LogP contribution in [0, 0.1) is 5.92 Å². The molecule has 4 aliphatic rings. The summed E-state index contributed by atoms with van der Waals surface area (Å²) >= 11 is 0. The number of hydrogen-bond donors (Lipinski definition) is 3. The minimum atomic E-state index is -0.253. The van der Waals surface area contributed by atoms with Crippen LogP contribution in [-0.2, 0) is 29.2 Å². The van der Waals surface area contributed by atoms with Gasteiger partial charge in [-0.1, -0.05) is 32.0 Å². The zero-order chi connectivity index (χ0) is 38.9. The summed E-state index contributed by atoms with van der Waals surface area (Å²) in [6.45, 7) is 12.4. The minimum Gasteiger partial charge on any atom is -0.508 e. The summed E-state index contributed by atoms with van der Waals surface area (Å²) in [6, 6.07) is 9.25. The second kappa shape index (κ2) is 15.9. The van der Waals surface area contributed by atoms with E-state index in [9.17, 15) is 19.8 Å². The Morgan fingerprint density at radius 1 is 0.804 bits per heavy atom. The summed E-state index contributed by atoms with van der Waals surface area (Å²) in [5.41, 5.74) is 10.6. The van der Waals surface area contributed by atoms with Crippen molar-refractivity contribution in [1.82, 2.24) is 39.6 Å². The third-order valence-corrected chi connectivity index (χ3v) is 11.3. The van der Waals surface area contributed by atoms with Gasteiger partial charge in [-0.05, 0) is 47.1 Å². The number of piperazine rings is 1. The summed E-state index contributed by atoms with van der Waals surface area (Å²) in [5, 5.41) is 20.7. The number of benzene rings is 2. The maximum Gasteiger partial charge on any atom is 0.258 e. The summed E-state index contributed by atoms with van der Waals surface area (Å²) in [6.07, 6.45) is 4.68. The Balaban J connectivity index is 0.843. The van der Waals surface area contributed by atoms with E-state index < -0.39 is 0 Å². The van der Waals surface area contributed by atoms with Gasteiger partial charge in [-0.3, -0.25) is 14.5 Å². The highest BCUT2D eigenvalue weighted by Gasteiger charge is 2.33. The highest BCUT2D eigenvalue weighted by atomic mass is 16.5. The molecule has 0 aliphatic carbocycles. The van der Waals surface area contributed by atoms with Crippen LogP contribution in [-0.4, -0.2) is 127 Å². The van der Waals surface area contributed by atoms with Crippen LogP contribution in [0.5, 0.6) is 11.5 Å². The second-order valence-electron chi connectivity index (χ2n) is 15.4. The van der Waals surface area contributed by atoms with Gasteiger partial charge in [0.1, 0.15) is 11.5 Å². The molecule has 6 heterocycles. The summed E-state index contributed by atoms with van der Waals surface area (Å²) in [5.74, 6) is 1.54. The van der Waals surface area contributed by atoms with Gasteiger partial charge in [0.05, 0.1) is 24.3 Å². The molecule has 4 N–H and O–H groups in total. The highest BCUT2D eigenvalue weighted by molar-refractivity contribution is 5.97. The minimum absolute atomic E-state index is 0.00748. The Labute approximate surface area is 326 Å². The number of hydrogen-bond acceptors (Lipinski definition) is 14. The lowest BCUT2D eigenvalue weighted by Gasteiger charge is -2.38. The van der Waals surface area contributed by atoms with Crippen molar-refractivity contribution in [3.8, 4) is 22.9 Å². The number of aromatic hydroxyl groups is 2. The number of piperidine rings is 1. The number of aromatic nitrogens is 5. The first kappa shape index (κ1) is 37.3. The van der Waals surface area contributed by atoms with E-state index >= 15 is 0 Å². The molecule has 2 aromatic heterocycles. The number of fused-ring (bicyclic) bond motifs is 1. The molecule has 0 unspecified atom stereocenters. The first-order chi connectivity index (χ1) is 27.1. The van der Waals surface area contributed by atoms with Crippen LogP contribution in [0.1, 0.15) is 65.2 Å². The number of nitrogen functional groups attached to an aromatic ring is 1. The van der Waals surface area contributed by atoms with Crippen LogP contribution in [0.4, 0.5) is 17.8 Å². The SMILES string of the molecule is CC(C)c1cc(C(=O)N2Cc3ccc(CN4CCN(C(=O)C5CCN(c6nc(-c7cnc(N)nc7)nc(N7CCOCC7)n6)CC5)CC4)cc3C2)c(O)cc1O. The highest BCUT2D eigenvalue weighted by Crippen LogP contribution is 2.35. The molecule has 4 aliphatic heterocycles. The maximum absolute atomic E-state index is 13.7. The number of ether oxygens (including phenoxy) is 1. The van der Waals surface area contributed by atoms with Gasteiger partial charge >= 0.3 is 0 Å². The smallest absolute Gasteiger partial charge is 0.258 e. The van der Waals surface area contributed by atoms with E-state index in [4.69, 9.17) is 25.4 Å². The van der Waals surface area contributed by atoms with Crippen LogP contribution >= 0.6 is 0 Å². The Morgan fingerprint density at radius 3 is 2.14 bits per heavy atom. The van der Waals surface area contributed by atoms with Crippen molar-refractivity contribution in [2.75, 3.05) is 81.1 Å². The predicted molar refractivity (Wildman–Crippen MR) is 209 cm³/mol. The van der Waals surface area contributed by atoms with Crippen LogP contribution in [0.15, 0.2) is 42.7 Å². The van der Waals surface area contributed by atoms with Crippen molar-refractivity contribution in [3.05, 3.63) is 70.5 Å². The van der Waals surface area contributed by atoms with Crippen LogP contribution in [0.2, 0.25) is 0 Å². The maximum atomic E-state index is 13.7. The quantitative estimate of drug-likeness (QED) is 0.237.